The number of hydrogen-bond donors (Lipinski definition) is 4. The highest BCUT2D eigenvalue weighted by Crippen LogP contribution is 2.23. The van der Waals surface area contributed by atoms with Crippen LogP contribution in [0.1, 0.15) is 35.4 Å². The van der Waals surface area contributed by atoms with Gasteiger partial charge in [0.05, 0.1) is 12.8 Å². The maximum Gasteiger partial charge on any atom is 0.230 e. The van der Waals surface area contributed by atoms with Gasteiger partial charge in [-0.1, -0.05) is 47.7 Å². The van der Waals surface area contributed by atoms with Gasteiger partial charge in [-0.15, -0.1) is 10.2 Å². The first-order valence-electron chi connectivity index (χ1n) is 13.6. The van der Waals surface area contributed by atoms with E-state index in [-0.39, 0.29) is 29.8 Å². The number of amidine groups is 1. The van der Waals surface area contributed by atoms with Crippen LogP contribution in [0.4, 0.5) is 5.13 Å². The fraction of sp³-hybridized carbons (Fsp3) is 0.267. The Balaban J connectivity index is 1.00. The number of benzene rings is 2. The Labute approximate surface area is 251 Å². The van der Waals surface area contributed by atoms with Crippen LogP contribution in [-0.4, -0.2) is 41.4 Å². The number of anilines is 1. The van der Waals surface area contributed by atoms with Crippen LogP contribution in [-0.2, 0) is 42.9 Å². The summed E-state index contributed by atoms with van der Waals surface area (Å²) in [5.74, 6) is -0.368. The molecule has 0 saturated heterocycles. The number of para-hydroxylation sites is 2. The van der Waals surface area contributed by atoms with Gasteiger partial charge >= 0.3 is 0 Å². The summed E-state index contributed by atoms with van der Waals surface area (Å²) in [5.41, 5.74) is 4.05. The molecule has 0 fully saturated rings. The fourth-order valence-corrected chi connectivity index (χ4v) is 6.47. The number of nitrogens with zero attached hydrogens (tertiary/aromatic N) is 4. The van der Waals surface area contributed by atoms with Crippen LogP contribution in [0.25, 0.3) is 21.8 Å². The van der Waals surface area contributed by atoms with E-state index in [9.17, 15) is 9.59 Å². The summed E-state index contributed by atoms with van der Waals surface area (Å²) in [6.07, 6.45) is 7.35. The largest absolute Gasteiger partial charge is 0.350 e. The summed E-state index contributed by atoms with van der Waals surface area (Å²) in [5, 5.41) is 32.1. The van der Waals surface area contributed by atoms with E-state index in [0.29, 0.717) is 23.0 Å². The molecule has 0 aliphatic heterocycles. The van der Waals surface area contributed by atoms with Crippen molar-refractivity contribution in [1.82, 2.24) is 24.6 Å². The molecule has 3 aromatic heterocycles. The van der Waals surface area contributed by atoms with Crippen molar-refractivity contribution in [2.45, 2.75) is 38.5 Å². The third kappa shape index (κ3) is 7.12. The molecular formula is C30H33N8O2S2+. The number of rotatable bonds is 10. The highest BCUT2D eigenvalue weighted by atomic mass is 32.2. The number of carbonyl (C=O) groups excluding carboxylic acids is 2. The second-order valence-corrected chi connectivity index (χ2v) is 12.3. The van der Waals surface area contributed by atoms with Crippen molar-refractivity contribution in [2.24, 2.45) is 14.1 Å². The van der Waals surface area contributed by atoms with Crippen LogP contribution < -0.4 is 16.0 Å². The Hall–Kier alpha value is -4.29. The highest BCUT2D eigenvalue weighted by Gasteiger charge is 2.16. The lowest BCUT2D eigenvalue weighted by Crippen LogP contribution is -2.40. The summed E-state index contributed by atoms with van der Waals surface area (Å²) >= 11 is 2.45. The normalized spacial score (nSPS) is 11.2. The number of fused-ring (bicyclic) bond motifs is 2. The summed E-state index contributed by atoms with van der Waals surface area (Å²) in [6, 6.07) is 16.0. The molecule has 0 aliphatic carbocycles. The van der Waals surface area contributed by atoms with Gasteiger partial charge in [-0.05, 0) is 36.1 Å². The number of thioether (sulfide) groups is 1. The number of amides is 2. The van der Waals surface area contributed by atoms with Crippen LogP contribution in [0, 0.1) is 5.41 Å². The Kier molecular flexibility index (Phi) is 9.13. The standard InChI is InChI=1S/C30H32N8O2S2/c1-37-17-19(21-9-3-5-11-23(21)37)15-26(39)33-29(32)41-25(31)13-7-8-14-28-35-36-30(42-28)34-27(40)16-20-18-38(2)24-12-6-4-10-22(20)24/h3-6,9-12,17-18,31H,7-8,13-16H2,1-2H3,(H2,32,33,39)(H,34,36,40)/p+1. The maximum atomic E-state index is 12.6. The van der Waals surface area contributed by atoms with Crippen molar-refractivity contribution >= 4 is 72.1 Å². The predicted octanol–water partition coefficient (Wildman–Crippen LogP) is 3.60. The van der Waals surface area contributed by atoms with Gasteiger partial charge in [0.1, 0.15) is 5.01 Å². The maximum absolute atomic E-state index is 12.6. The smallest absolute Gasteiger partial charge is 0.230 e. The number of aromatic nitrogens is 4. The number of carbonyl (C=O) groups is 2. The van der Waals surface area contributed by atoms with Crippen LogP contribution >= 0.6 is 23.1 Å². The van der Waals surface area contributed by atoms with E-state index in [1.807, 2.05) is 84.2 Å². The van der Waals surface area contributed by atoms with Gasteiger partial charge in [-0.3, -0.25) is 20.4 Å². The predicted molar refractivity (Wildman–Crippen MR) is 170 cm³/mol. The zero-order chi connectivity index (χ0) is 29.6. The second kappa shape index (κ2) is 13.1. The average molecular weight is 602 g/mol. The lowest BCUT2D eigenvalue weighted by Gasteiger charge is -2.05. The molecule has 2 amide bonds. The first kappa shape index (κ1) is 29.2. The quantitative estimate of drug-likeness (QED) is 0.110. The van der Waals surface area contributed by atoms with Crippen LogP contribution in [0.2, 0.25) is 0 Å². The minimum atomic E-state index is -0.243. The van der Waals surface area contributed by atoms with Crippen molar-refractivity contribution in [3.63, 3.8) is 0 Å². The highest BCUT2D eigenvalue weighted by molar-refractivity contribution is 8.26. The zero-order valence-corrected chi connectivity index (χ0v) is 25.1. The summed E-state index contributed by atoms with van der Waals surface area (Å²) in [4.78, 5) is 25.2. The minimum absolute atomic E-state index is 0.0192. The molecule has 42 heavy (non-hydrogen) atoms. The Morgan fingerprint density at radius 1 is 0.905 bits per heavy atom. The van der Waals surface area contributed by atoms with Gasteiger partial charge in [0.2, 0.25) is 22.0 Å². The van der Waals surface area contributed by atoms with Crippen LogP contribution in [0.15, 0.2) is 60.9 Å². The van der Waals surface area contributed by atoms with Crippen molar-refractivity contribution in [1.29, 1.82) is 5.41 Å². The number of aryl methyl sites for hydroxylation is 3. The summed E-state index contributed by atoms with van der Waals surface area (Å²) < 4.78 is 4.02. The van der Waals surface area contributed by atoms with Gasteiger partial charge in [-0.2, -0.15) is 0 Å². The van der Waals surface area contributed by atoms with Crippen molar-refractivity contribution in [3.05, 3.63) is 77.1 Å². The van der Waals surface area contributed by atoms with Gasteiger partial charge in [0, 0.05) is 72.9 Å². The Bertz CT molecular complexity index is 1780. The molecule has 0 unspecified atom stereocenters. The van der Waals surface area contributed by atoms with Crippen LogP contribution in [0.5, 0.6) is 0 Å². The SMILES string of the molecule is Cn1cc(CC(=O)NC(=N)SC(=[NH2+])CCCCc2nnc(NC(=O)Cc3cn(C)c4ccccc34)s2)c2ccccc21. The van der Waals surface area contributed by atoms with Gasteiger partial charge < -0.3 is 19.8 Å². The summed E-state index contributed by atoms with van der Waals surface area (Å²) in [7, 11) is 3.93. The van der Waals surface area contributed by atoms with Gasteiger partial charge in [0.15, 0.2) is 5.17 Å². The molecule has 216 valence electrons. The van der Waals surface area contributed by atoms with Gasteiger partial charge in [0.25, 0.3) is 0 Å². The van der Waals surface area contributed by atoms with Crippen LogP contribution in [0.3, 0.4) is 0 Å². The minimum Gasteiger partial charge on any atom is -0.350 e. The molecule has 0 bridgehead atoms. The number of unbranched alkanes of at least 4 members (excludes halogenated alkanes) is 1. The molecule has 12 heteroatoms. The van der Waals surface area contributed by atoms with Crippen molar-refractivity contribution in [2.75, 3.05) is 5.32 Å². The number of hydrogen-bond acceptors (Lipinski definition) is 7. The number of nitrogens with one attached hydrogen (secondary N) is 3. The van der Waals surface area contributed by atoms with E-state index in [2.05, 4.69) is 20.8 Å². The molecular weight excluding hydrogens is 569 g/mol. The molecule has 3 heterocycles. The van der Waals surface area contributed by atoms with E-state index in [0.717, 1.165) is 62.5 Å². The topological polar surface area (TPSA) is 143 Å². The third-order valence-electron chi connectivity index (χ3n) is 6.92. The molecule has 0 aliphatic rings. The Morgan fingerprint density at radius 3 is 2.14 bits per heavy atom. The zero-order valence-electron chi connectivity index (χ0n) is 23.5. The molecule has 5 rings (SSSR count). The molecule has 5 N–H and O–H groups in total. The monoisotopic (exact) mass is 601 g/mol. The first-order valence-corrected chi connectivity index (χ1v) is 15.3. The average Bonchev–Trinajstić information content (AvgIpc) is 3.63. The molecule has 0 atom stereocenters. The molecule has 0 spiro atoms. The number of nitrogens with two attached hydrogens (primary N) is 1. The molecule has 10 nitrogen and oxygen atoms in total. The second-order valence-electron chi connectivity index (χ2n) is 10.1. The fourth-order valence-electron chi connectivity index (χ4n) is 5.00. The first-order chi connectivity index (χ1) is 20.3. The lowest BCUT2D eigenvalue weighted by atomic mass is 10.1. The molecule has 2 aromatic carbocycles. The van der Waals surface area contributed by atoms with E-state index < -0.39 is 0 Å². The third-order valence-corrected chi connectivity index (χ3v) is 8.60. The van der Waals surface area contributed by atoms with E-state index >= 15 is 0 Å². The van der Waals surface area contributed by atoms with Crippen molar-refractivity contribution < 1.29 is 15.0 Å². The molecule has 5 aromatic rings. The van der Waals surface area contributed by atoms with Crippen molar-refractivity contribution in [3.8, 4) is 0 Å². The molecule has 0 saturated carbocycles. The van der Waals surface area contributed by atoms with E-state index in [4.69, 9.17) is 10.8 Å². The Morgan fingerprint density at radius 2 is 1.50 bits per heavy atom. The van der Waals surface area contributed by atoms with E-state index in [1.165, 1.54) is 11.3 Å². The van der Waals surface area contributed by atoms with Gasteiger partial charge in [-0.25, -0.2) is 0 Å². The summed E-state index contributed by atoms with van der Waals surface area (Å²) in [6.45, 7) is 0. The van der Waals surface area contributed by atoms with E-state index in [1.54, 1.807) is 0 Å². The lowest BCUT2D eigenvalue weighted by molar-refractivity contribution is -0.119. The molecule has 0 radical (unpaired) electrons.